The smallest absolute Gasteiger partial charge is 0.282 e. The third-order valence-corrected chi connectivity index (χ3v) is 2.04. The molecule has 7 heteroatoms. The van der Waals surface area contributed by atoms with E-state index >= 15 is 0 Å². The van der Waals surface area contributed by atoms with Crippen LogP contribution >= 0.6 is 0 Å². The monoisotopic (exact) mass is 237 g/mol. The van der Waals surface area contributed by atoms with Crippen LogP contribution in [0.25, 0.3) is 0 Å². The third-order valence-electron chi connectivity index (χ3n) is 2.04. The summed E-state index contributed by atoms with van der Waals surface area (Å²) in [6, 6.07) is 0. The van der Waals surface area contributed by atoms with E-state index in [1.807, 2.05) is 6.92 Å². The van der Waals surface area contributed by atoms with Crippen molar-refractivity contribution in [3.05, 3.63) is 0 Å². The lowest BCUT2D eigenvalue weighted by atomic mass is 10.3. The number of nitrogens with one attached hydrogen (secondary N) is 1. The summed E-state index contributed by atoms with van der Waals surface area (Å²) in [5, 5.41) is 0.560. The number of unbranched alkanes of at least 4 members (excludes halogenated alkanes) is 1. The van der Waals surface area contributed by atoms with Crippen LogP contribution in [-0.2, 0) is 4.79 Å². The molecule has 1 heterocycles. The van der Waals surface area contributed by atoms with Gasteiger partial charge < -0.3 is 0 Å². The van der Waals surface area contributed by atoms with E-state index in [2.05, 4.69) is 10.4 Å². The highest BCUT2D eigenvalue weighted by Crippen LogP contribution is 2.17. The maximum atomic E-state index is 12.0. The minimum Gasteiger partial charge on any atom is -0.282 e. The third kappa shape index (κ3) is 4.08. The highest BCUT2D eigenvalue weighted by Gasteiger charge is 2.36. The van der Waals surface area contributed by atoms with Crippen molar-refractivity contribution in [3.8, 4) is 0 Å². The Labute approximate surface area is 91.5 Å². The number of aliphatic imine (C=N–C) groups is 1. The molecule has 1 aliphatic rings. The molecule has 0 bridgehead atoms. The van der Waals surface area contributed by atoms with Crippen molar-refractivity contribution in [2.24, 2.45) is 4.99 Å². The fourth-order valence-electron chi connectivity index (χ4n) is 1.27. The molecule has 16 heavy (non-hydrogen) atoms. The lowest BCUT2D eigenvalue weighted by Crippen LogP contribution is -2.42. The number of amides is 1. The summed E-state index contributed by atoms with van der Waals surface area (Å²) in [7, 11) is 0. The molecule has 1 amide bonds. The molecule has 4 nitrogen and oxygen atoms in total. The SMILES string of the molecule is CCCCN=C1CC(=O)N(CC(F)(F)F)N1. The molecule has 1 fully saturated rings. The minimum atomic E-state index is -4.39. The molecule has 0 aliphatic carbocycles. The van der Waals surface area contributed by atoms with E-state index in [4.69, 9.17) is 0 Å². The fraction of sp³-hybridized carbons (Fsp3) is 0.778. The molecule has 1 aliphatic heterocycles. The molecule has 0 saturated carbocycles. The Balaban J connectivity index is 2.47. The van der Waals surface area contributed by atoms with E-state index < -0.39 is 18.6 Å². The first kappa shape index (κ1) is 12.8. The van der Waals surface area contributed by atoms with Crippen molar-refractivity contribution in [2.75, 3.05) is 13.1 Å². The first-order valence-corrected chi connectivity index (χ1v) is 5.09. The molecule has 0 aromatic carbocycles. The topological polar surface area (TPSA) is 44.7 Å². The van der Waals surface area contributed by atoms with Crippen LogP contribution in [0.1, 0.15) is 26.2 Å². The number of alkyl halides is 3. The zero-order valence-electron chi connectivity index (χ0n) is 8.97. The van der Waals surface area contributed by atoms with Crippen LogP contribution in [-0.4, -0.2) is 36.0 Å². The van der Waals surface area contributed by atoms with Gasteiger partial charge in [-0.1, -0.05) is 13.3 Å². The Morgan fingerprint density at radius 3 is 2.75 bits per heavy atom. The summed E-state index contributed by atoms with van der Waals surface area (Å²) >= 11 is 0. The quantitative estimate of drug-likeness (QED) is 0.753. The Bertz CT molecular complexity index is 288. The summed E-state index contributed by atoms with van der Waals surface area (Å²) < 4.78 is 36.1. The second-order valence-electron chi connectivity index (χ2n) is 3.57. The Hall–Kier alpha value is -1.27. The zero-order chi connectivity index (χ0) is 12.2. The highest BCUT2D eigenvalue weighted by atomic mass is 19.4. The number of rotatable bonds is 4. The number of hydrogen-bond acceptors (Lipinski definition) is 2. The van der Waals surface area contributed by atoms with E-state index in [1.165, 1.54) is 0 Å². The van der Waals surface area contributed by atoms with E-state index in [0.717, 1.165) is 12.8 Å². The van der Waals surface area contributed by atoms with Gasteiger partial charge in [0.1, 0.15) is 12.4 Å². The molecule has 0 spiro atoms. The Kier molecular flexibility index (Phi) is 4.14. The van der Waals surface area contributed by atoms with Gasteiger partial charge in [0.25, 0.3) is 0 Å². The standard InChI is InChI=1S/C9H14F3N3O/c1-2-3-4-13-7-5-8(16)15(14-7)6-9(10,11)12/h2-6H2,1H3,(H,13,14). The summed E-state index contributed by atoms with van der Waals surface area (Å²) in [4.78, 5) is 15.2. The summed E-state index contributed by atoms with van der Waals surface area (Å²) in [6.07, 6.45) is -2.64. The van der Waals surface area contributed by atoms with Gasteiger partial charge in [0.2, 0.25) is 5.91 Å². The molecule has 0 aromatic rings. The highest BCUT2D eigenvalue weighted by molar-refractivity contribution is 6.04. The maximum Gasteiger partial charge on any atom is 0.408 e. The molecule has 1 N–H and O–H groups in total. The van der Waals surface area contributed by atoms with Gasteiger partial charge in [-0.05, 0) is 6.42 Å². The maximum absolute atomic E-state index is 12.0. The van der Waals surface area contributed by atoms with Crippen LogP contribution in [0.5, 0.6) is 0 Å². The molecule has 0 radical (unpaired) electrons. The largest absolute Gasteiger partial charge is 0.408 e. The van der Waals surface area contributed by atoms with Crippen molar-refractivity contribution >= 4 is 11.7 Å². The average molecular weight is 237 g/mol. The average Bonchev–Trinajstić information content (AvgIpc) is 2.45. The van der Waals surface area contributed by atoms with Gasteiger partial charge in [-0.3, -0.25) is 15.2 Å². The second-order valence-corrected chi connectivity index (χ2v) is 3.57. The first-order chi connectivity index (χ1) is 7.42. The van der Waals surface area contributed by atoms with Crippen molar-refractivity contribution < 1.29 is 18.0 Å². The predicted molar refractivity (Wildman–Crippen MR) is 52.7 cm³/mol. The van der Waals surface area contributed by atoms with Crippen molar-refractivity contribution in [2.45, 2.75) is 32.4 Å². The second kappa shape index (κ2) is 5.18. The van der Waals surface area contributed by atoms with Crippen LogP contribution in [0.3, 0.4) is 0 Å². The number of nitrogens with zero attached hydrogens (tertiary/aromatic N) is 2. The van der Waals surface area contributed by atoms with E-state index in [0.29, 0.717) is 17.4 Å². The Morgan fingerprint density at radius 2 is 2.19 bits per heavy atom. The van der Waals surface area contributed by atoms with Crippen LogP contribution in [0.2, 0.25) is 0 Å². The molecule has 1 saturated heterocycles. The zero-order valence-corrected chi connectivity index (χ0v) is 8.97. The lowest BCUT2D eigenvalue weighted by Gasteiger charge is -2.17. The van der Waals surface area contributed by atoms with Gasteiger partial charge in [0, 0.05) is 6.54 Å². The van der Waals surface area contributed by atoms with Gasteiger partial charge in [0.05, 0.1) is 6.42 Å². The molecular formula is C9H14F3N3O. The van der Waals surface area contributed by atoms with Gasteiger partial charge in [0.15, 0.2) is 0 Å². The molecule has 0 unspecified atom stereocenters. The van der Waals surface area contributed by atoms with E-state index in [-0.39, 0.29) is 6.42 Å². The number of halogens is 3. The Morgan fingerprint density at radius 1 is 1.50 bits per heavy atom. The van der Waals surface area contributed by atoms with Crippen LogP contribution in [0.4, 0.5) is 13.2 Å². The van der Waals surface area contributed by atoms with Crippen molar-refractivity contribution in [1.29, 1.82) is 0 Å². The van der Waals surface area contributed by atoms with Gasteiger partial charge >= 0.3 is 6.18 Å². The van der Waals surface area contributed by atoms with Gasteiger partial charge in [-0.2, -0.15) is 13.2 Å². The van der Waals surface area contributed by atoms with Crippen molar-refractivity contribution in [1.82, 2.24) is 10.4 Å². The molecule has 0 atom stereocenters. The number of carbonyl (C=O) groups is 1. The molecule has 92 valence electrons. The summed E-state index contributed by atoms with van der Waals surface area (Å²) in [5.41, 5.74) is 2.37. The molecule has 1 rings (SSSR count). The van der Waals surface area contributed by atoms with Crippen molar-refractivity contribution in [3.63, 3.8) is 0 Å². The first-order valence-electron chi connectivity index (χ1n) is 5.09. The van der Waals surface area contributed by atoms with Crippen LogP contribution < -0.4 is 5.43 Å². The van der Waals surface area contributed by atoms with Gasteiger partial charge in [-0.25, -0.2) is 5.01 Å². The van der Waals surface area contributed by atoms with Crippen LogP contribution in [0, 0.1) is 0 Å². The number of amidine groups is 1. The lowest BCUT2D eigenvalue weighted by molar-refractivity contribution is -0.161. The van der Waals surface area contributed by atoms with Gasteiger partial charge in [-0.15, -0.1) is 0 Å². The minimum absolute atomic E-state index is 0.0696. The number of hydrazine groups is 1. The predicted octanol–water partition coefficient (Wildman–Crippen LogP) is 1.48. The summed E-state index contributed by atoms with van der Waals surface area (Å²) in [6.45, 7) is 1.24. The number of hydrogen-bond donors (Lipinski definition) is 1. The fourth-order valence-corrected chi connectivity index (χ4v) is 1.27. The molecular weight excluding hydrogens is 223 g/mol. The molecule has 0 aromatic heterocycles. The van der Waals surface area contributed by atoms with E-state index in [9.17, 15) is 18.0 Å². The van der Waals surface area contributed by atoms with Crippen LogP contribution in [0.15, 0.2) is 4.99 Å². The normalized spacial score (nSPS) is 19.4. The number of carbonyl (C=O) groups excluding carboxylic acids is 1. The van der Waals surface area contributed by atoms with E-state index in [1.54, 1.807) is 0 Å². The summed E-state index contributed by atoms with van der Waals surface area (Å²) in [5.74, 6) is -0.268.